The second-order valence-electron chi connectivity index (χ2n) is 8.59. The van der Waals surface area contributed by atoms with Crippen LogP contribution in [0, 0.1) is 0 Å². The van der Waals surface area contributed by atoms with Crippen LogP contribution >= 0.6 is 0 Å². The maximum Gasteiger partial charge on any atom is 0.407 e. The molecule has 1 amide bonds. The average molecular weight is 574 g/mol. The predicted octanol–water partition coefficient (Wildman–Crippen LogP) is 3.24. The number of carbonyl (C=O) groups is 1. The number of hydrogen-bond donors (Lipinski definition) is 1. The summed E-state index contributed by atoms with van der Waals surface area (Å²) in [6.07, 6.45) is 3.07. The van der Waals surface area contributed by atoms with E-state index in [4.69, 9.17) is 42.6 Å². The van der Waals surface area contributed by atoms with Gasteiger partial charge in [-0.25, -0.2) is 4.79 Å². The van der Waals surface area contributed by atoms with E-state index in [-0.39, 0.29) is 6.61 Å². The van der Waals surface area contributed by atoms with E-state index in [2.05, 4.69) is 12.2 Å². The van der Waals surface area contributed by atoms with Gasteiger partial charge in [-0.05, 0) is 12.0 Å². The number of alkyl carbamates (subject to hydrolysis) is 1. The first-order valence-corrected chi connectivity index (χ1v) is 14.4. The monoisotopic (exact) mass is 573 g/mol. The highest BCUT2D eigenvalue weighted by molar-refractivity contribution is 5.67. The van der Waals surface area contributed by atoms with Crippen molar-refractivity contribution in [2.45, 2.75) is 32.8 Å². The molecule has 11 nitrogen and oxygen atoms in total. The van der Waals surface area contributed by atoms with Gasteiger partial charge in [0.15, 0.2) is 0 Å². The van der Waals surface area contributed by atoms with E-state index in [1.165, 1.54) is 12.8 Å². The van der Waals surface area contributed by atoms with Crippen LogP contribution in [0.25, 0.3) is 0 Å². The lowest BCUT2D eigenvalue weighted by atomic mass is 10.2. The van der Waals surface area contributed by atoms with Crippen LogP contribution in [0.15, 0.2) is 30.3 Å². The van der Waals surface area contributed by atoms with Crippen molar-refractivity contribution in [1.29, 1.82) is 0 Å². The zero-order chi connectivity index (χ0) is 28.6. The van der Waals surface area contributed by atoms with Gasteiger partial charge in [-0.1, -0.05) is 50.1 Å². The number of amides is 1. The zero-order valence-corrected chi connectivity index (χ0v) is 24.3. The fourth-order valence-corrected chi connectivity index (χ4v) is 3.09. The van der Waals surface area contributed by atoms with Crippen molar-refractivity contribution in [3.8, 4) is 0 Å². The molecular formula is C29H51NO10. The van der Waals surface area contributed by atoms with Crippen LogP contribution in [0.4, 0.5) is 4.79 Å². The molecule has 1 N–H and O–H groups in total. The average Bonchev–Trinajstić information content (AvgIpc) is 2.98. The van der Waals surface area contributed by atoms with Gasteiger partial charge in [0.25, 0.3) is 0 Å². The van der Waals surface area contributed by atoms with E-state index in [0.717, 1.165) is 18.6 Å². The molecule has 232 valence electrons. The van der Waals surface area contributed by atoms with Crippen LogP contribution in [-0.4, -0.2) is 118 Å². The highest BCUT2D eigenvalue weighted by atomic mass is 16.6. The summed E-state index contributed by atoms with van der Waals surface area (Å²) < 4.78 is 48.7. The summed E-state index contributed by atoms with van der Waals surface area (Å²) in [6, 6.07) is 9.52. The van der Waals surface area contributed by atoms with E-state index < -0.39 is 6.09 Å². The van der Waals surface area contributed by atoms with Crippen LogP contribution in [0.2, 0.25) is 0 Å². The van der Waals surface area contributed by atoms with Crippen LogP contribution in [0.5, 0.6) is 0 Å². The second kappa shape index (κ2) is 30.1. The lowest BCUT2D eigenvalue weighted by molar-refractivity contribution is -0.0230. The van der Waals surface area contributed by atoms with Gasteiger partial charge in [-0.15, -0.1) is 0 Å². The topological polar surface area (TPSA) is 112 Å². The first-order chi connectivity index (χ1) is 19.8. The Morgan fingerprint density at radius 1 is 0.550 bits per heavy atom. The molecule has 0 aliphatic rings. The molecule has 0 aliphatic carbocycles. The number of carbonyl (C=O) groups excluding carboxylic acids is 1. The largest absolute Gasteiger partial charge is 0.445 e. The molecule has 1 aromatic carbocycles. The Morgan fingerprint density at radius 3 is 1.38 bits per heavy atom. The van der Waals surface area contributed by atoms with Gasteiger partial charge in [-0.2, -0.15) is 0 Å². The van der Waals surface area contributed by atoms with E-state index >= 15 is 0 Å². The van der Waals surface area contributed by atoms with Crippen molar-refractivity contribution in [2.75, 3.05) is 112 Å². The molecule has 40 heavy (non-hydrogen) atoms. The minimum Gasteiger partial charge on any atom is -0.445 e. The maximum atomic E-state index is 11.6. The van der Waals surface area contributed by atoms with E-state index in [0.29, 0.717) is 106 Å². The van der Waals surface area contributed by atoms with Crippen LogP contribution in [0.3, 0.4) is 0 Å². The van der Waals surface area contributed by atoms with Gasteiger partial charge in [0, 0.05) is 13.2 Å². The van der Waals surface area contributed by atoms with Crippen LogP contribution in [0.1, 0.15) is 31.7 Å². The van der Waals surface area contributed by atoms with Crippen molar-refractivity contribution in [1.82, 2.24) is 5.32 Å². The Morgan fingerprint density at radius 2 is 0.950 bits per heavy atom. The zero-order valence-electron chi connectivity index (χ0n) is 24.3. The Balaban J connectivity index is 1.66. The van der Waals surface area contributed by atoms with E-state index in [1.807, 2.05) is 30.3 Å². The van der Waals surface area contributed by atoms with Gasteiger partial charge >= 0.3 is 6.09 Å². The van der Waals surface area contributed by atoms with Crippen LogP contribution < -0.4 is 5.32 Å². The third kappa shape index (κ3) is 26.4. The highest BCUT2D eigenvalue weighted by Crippen LogP contribution is 2.00. The minimum absolute atomic E-state index is 0.244. The van der Waals surface area contributed by atoms with Gasteiger partial charge in [0.2, 0.25) is 0 Å². The molecule has 0 saturated carbocycles. The van der Waals surface area contributed by atoms with Gasteiger partial charge < -0.3 is 47.9 Å². The third-order valence-electron chi connectivity index (χ3n) is 5.22. The Bertz CT molecular complexity index is 653. The lowest BCUT2D eigenvalue weighted by Crippen LogP contribution is -2.28. The first kappa shape index (κ1) is 36.2. The molecule has 0 aromatic heterocycles. The van der Waals surface area contributed by atoms with Crippen molar-refractivity contribution in [2.24, 2.45) is 0 Å². The SMILES string of the molecule is CCCCCOCCOCCOCCOCCOCCOCCOCCOCCNC(=O)OCc1ccccc1. The number of hydrogen-bond acceptors (Lipinski definition) is 10. The minimum atomic E-state index is -0.463. The third-order valence-corrected chi connectivity index (χ3v) is 5.22. The number of rotatable bonds is 30. The maximum absolute atomic E-state index is 11.6. The lowest BCUT2D eigenvalue weighted by Gasteiger charge is -2.09. The quantitative estimate of drug-likeness (QED) is 0.138. The summed E-state index contributed by atoms with van der Waals surface area (Å²) in [4.78, 5) is 11.6. The van der Waals surface area contributed by atoms with E-state index in [9.17, 15) is 4.79 Å². The Labute approximate surface area is 240 Å². The van der Waals surface area contributed by atoms with Gasteiger partial charge in [0.1, 0.15) is 6.61 Å². The standard InChI is InChI=1S/C29H51NO10/c1-2-3-7-11-32-13-15-34-17-19-36-21-23-38-25-26-39-24-22-37-20-18-35-16-14-33-12-10-30-29(31)40-27-28-8-5-4-6-9-28/h4-6,8-9H,2-3,7,10-27H2,1H3,(H,30,31). The molecule has 0 aliphatic heterocycles. The second-order valence-corrected chi connectivity index (χ2v) is 8.59. The molecule has 0 heterocycles. The van der Waals surface area contributed by atoms with Crippen LogP contribution in [-0.2, 0) is 49.2 Å². The summed E-state index contributed by atoms with van der Waals surface area (Å²) in [6.45, 7) is 11.3. The fourth-order valence-electron chi connectivity index (χ4n) is 3.09. The first-order valence-electron chi connectivity index (χ1n) is 14.4. The van der Waals surface area contributed by atoms with Crippen molar-refractivity contribution < 1.29 is 47.4 Å². The summed E-state index contributed by atoms with van der Waals surface area (Å²) in [5, 5.41) is 2.64. The summed E-state index contributed by atoms with van der Waals surface area (Å²) in [7, 11) is 0. The molecule has 1 rings (SSSR count). The molecule has 0 radical (unpaired) electrons. The fraction of sp³-hybridized carbons (Fsp3) is 0.759. The molecule has 1 aromatic rings. The van der Waals surface area contributed by atoms with Crippen molar-refractivity contribution >= 4 is 6.09 Å². The number of ether oxygens (including phenoxy) is 9. The number of benzene rings is 1. The number of nitrogens with one attached hydrogen (secondary N) is 1. The summed E-state index contributed by atoms with van der Waals surface area (Å²) in [5.41, 5.74) is 0.942. The molecule has 0 saturated heterocycles. The summed E-state index contributed by atoms with van der Waals surface area (Å²) >= 11 is 0. The highest BCUT2D eigenvalue weighted by Gasteiger charge is 2.01. The number of unbranched alkanes of at least 4 members (excludes halogenated alkanes) is 2. The molecular weight excluding hydrogens is 522 g/mol. The molecule has 11 heteroatoms. The molecule has 0 bridgehead atoms. The normalized spacial score (nSPS) is 11.1. The predicted molar refractivity (Wildman–Crippen MR) is 151 cm³/mol. The Kier molecular flexibility index (Phi) is 27.3. The molecule has 0 unspecified atom stereocenters. The molecule has 0 atom stereocenters. The van der Waals surface area contributed by atoms with Crippen molar-refractivity contribution in [3.05, 3.63) is 35.9 Å². The van der Waals surface area contributed by atoms with Gasteiger partial charge in [0.05, 0.1) is 99.1 Å². The Hall–Kier alpha value is -1.83. The summed E-state index contributed by atoms with van der Waals surface area (Å²) in [5.74, 6) is 0. The van der Waals surface area contributed by atoms with Crippen molar-refractivity contribution in [3.63, 3.8) is 0 Å². The molecule has 0 spiro atoms. The van der Waals surface area contributed by atoms with E-state index in [1.54, 1.807) is 0 Å². The molecule has 0 fully saturated rings. The van der Waals surface area contributed by atoms with Gasteiger partial charge in [-0.3, -0.25) is 0 Å². The smallest absolute Gasteiger partial charge is 0.407 e.